The second kappa shape index (κ2) is 4.27. The third-order valence-electron chi connectivity index (χ3n) is 1.55. The van der Waals surface area contributed by atoms with Crippen LogP contribution in [0.5, 0.6) is 0 Å². The number of rotatable bonds is 2. The van der Waals surface area contributed by atoms with Crippen molar-refractivity contribution in [3.63, 3.8) is 0 Å². The lowest BCUT2D eigenvalue weighted by Crippen LogP contribution is -1.84. The number of hydrogen-bond donors (Lipinski definition) is 0. The molecular formula is C9H10Br2. The van der Waals surface area contributed by atoms with E-state index in [1.807, 2.05) is 6.07 Å². The molecule has 0 nitrogen and oxygen atoms in total. The van der Waals surface area contributed by atoms with Crippen molar-refractivity contribution in [2.24, 2.45) is 0 Å². The fraction of sp³-hybridized carbons (Fsp3) is 0.333. The second-order valence-corrected chi connectivity index (χ2v) is 4.11. The highest BCUT2D eigenvalue weighted by Gasteiger charge is 2.00. The van der Waals surface area contributed by atoms with Crippen molar-refractivity contribution in [3.8, 4) is 0 Å². The monoisotopic (exact) mass is 276 g/mol. The second-order valence-electron chi connectivity index (χ2n) is 2.46. The van der Waals surface area contributed by atoms with E-state index in [-0.39, 0.29) is 0 Å². The van der Waals surface area contributed by atoms with Gasteiger partial charge in [-0.15, -0.1) is 0 Å². The van der Waals surface area contributed by atoms with Gasteiger partial charge in [-0.1, -0.05) is 25.5 Å². The van der Waals surface area contributed by atoms with Gasteiger partial charge in [0.2, 0.25) is 0 Å². The van der Waals surface area contributed by atoms with Crippen molar-refractivity contribution in [3.05, 3.63) is 32.7 Å². The molecule has 0 heterocycles. The third-order valence-corrected chi connectivity index (χ3v) is 3.68. The molecule has 2 heteroatoms. The highest BCUT2D eigenvalue weighted by molar-refractivity contribution is 9.13. The summed E-state index contributed by atoms with van der Waals surface area (Å²) in [4.78, 5) is 0. The van der Waals surface area contributed by atoms with Gasteiger partial charge in [0.05, 0.1) is 0 Å². The van der Waals surface area contributed by atoms with Crippen LogP contribution in [0, 0.1) is 0 Å². The van der Waals surface area contributed by atoms with Crippen molar-refractivity contribution in [2.75, 3.05) is 0 Å². The molecule has 0 aliphatic carbocycles. The zero-order valence-corrected chi connectivity index (χ0v) is 9.57. The number of aryl methyl sites for hydroxylation is 1. The molecule has 0 spiro atoms. The zero-order valence-electron chi connectivity index (χ0n) is 6.40. The molecule has 0 bridgehead atoms. The SMILES string of the molecule is CCCc1cccc(Br)c1Br. The van der Waals surface area contributed by atoms with Gasteiger partial charge in [-0.2, -0.15) is 0 Å². The molecule has 0 aliphatic rings. The summed E-state index contributed by atoms with van der Waals surface area (Å²) < 4.78 is 2.34. The summed E-state index contributed by atoms with van der Waals surface area (Å²) in [5.41, 5.74) is 1.38. The van der Waals surface area contributed by atoms with E-state index >= 15 is 0 Å². The van der Waals surface area contributed by atoms with Crippen LogP contribution in [-0.2, 0) is 6.42 Å². The van der Waals surface area contributed by atoms with Gasteiger partial charge in [0.25, 0.3) is 0 Å². The van der Waals surface area contributed by atoms with Crippen molar-refractivity contribution in [1.82, 2.24) is 0 Å². The maximum atomic E-state index is 3.53. The van der Waals surface area contributed by atoms with Gasteiger partial charge in [-0.05, 0) is 49.9 Å². The van der Waals surface area contributed by atoms with Gasteiger partial charge in [0.1, 0.15) is 0 Å². The quantitative estimate of drug-likeness (QED) is 0.761. The van der Waals surface area contributed by atoms with Crippen molar-refractivity contribution < 1.29 is 0 Å². The van der Waals surface area contributed by atoms with Gasteiger partial charge in [0, 0.05) is 8.95 Å². The van der Waals surface area contributed by atoms with Crippen LogP contribution in [-0.4, -0.2) is 0 Å². The van der Waals surface area contributed by atoms with Gasteiger partial charge in [-0.3, -0.25) is 0 Å². The summed E-state index contributed by atoms with van der Waals surface area (Å²) in [5, 5.41) is 0. The molecule has 0 amide bonds. The van der Waals surface area contributed by atoms with E-state index in [1.54, 1.807) is 0 Å². The molecule has 0 N–H and O–H groups in total. The summed E-state index contributed by atoms with van der Waals surface area (Å²) >= 11 is 7.00. The molecule has 0 atom stereocenters. The number of halogens is 2. The topological polar surface area (TPSA) is 0 Å². The van der Waals surface area contributed by atoms with E-state index in [1.165, 1.54) is 16.5 Å². The first-order chi connectivity index (χ1) is 5.25. The summed E-state index contributed by atoms with van der Waals surface area (Å²) in [6, 6.07) is 6.27. The van der Waals surface area contributed by atoms with Crippen LogP contribution in [0.3, 0.4) is 0 Å². The first-order valence-corrected chi connectivity index (χ1v) is 5.27. The minimum atomic E-state index is 1.14. The Morgan fingerprint density at radius 3 is 2.64 bits per heavy atom. The lowest BCUT2D eigenvalue weighted by molar-refractivity contribution is 0.916. The van der Waals surface area contributed by atoms with Crippen LogP contribution >= 0.6 is 31.9 Å². The largest absolute Gasteiger partial charge is 0.0651 e. The van der Waals surface area contributed by atoms with E-state index in [0.29, 0.717) is 0 Å². The molecule has 0 aromatic heterocycles. The minimum Gasteiger partial charge on any atom is -0.0651 e. The molecule has 1 aromatic carbocycles. The highest BCUT2D eigenvalue weighted by atomic mass is 79.9. The van der Waals surface area contributed by atoms with Gasteiger partial charge < -0.3 is 0 Å². The Labute approximate surface area is 84.3 Å². The zero-order chi connectivity index (χ0) is 8.27. The maximum Gasteiger partial charge on any atom is 0.0349 e. The number of hydrogen-bond acceptors (Lipinski definition) is 0. The van der Waals surface area contributed by atoms with Crippen LogP contribution < -0.4 is 0 Å². The maximum absolute atomic E-state index is 3.53. The Morgan fingerprint density at radius 2 is 2.00 bits per heavy atom. The van der Waals surface area contributed by atoms with Crippen LogP contribution in [0.25, 0.3) is 0 Å². The average Bonchev–Trinajstić information content (AvgIpc) is 1.99. The number of benzene rings is 1. The molecule has 0 aliphatic heterocycles. The molecule has 0 unspecified atom stereocenters. The Morgan fingerprint density at radius 1 is 1.27 bits per heavy atom. The standard InChI is InChI=1S/C9H10Br2/c1-2-4-7-5-3-6-8(10)9(7)11/h3,5-6H,2,4H2,1H3. The molecule has 1 rings (SSSR count). The molecule has 0 radical (unpaired) electrons. The first-order valence-electron chi connectivity index (χ1n) is 3.68. The summed E-state index contributed by atoms with van der Waals surface area (Å²) in [6.45, 7) is 2.19. The average molecular weight is 278 g/mol. The molecule has 0 saturated heterocycles. The molecule has 1 aromatic rings. The van der Waals surface area contributed by atoms with Crippen molar-refractivity contribution >= 4 is 31.9 Å². The highest BCUT2D eigenvalue weighted by Crippen LogP contribution is 2.27. The fourth-order valence-corrected chi connectivity index (χ4v) is 1.88. The van der Waals surface area contributed by atoms with Crippen LogP contribution in [0.1, 0.15) is 18.9 Å². The molecule has 11 heavy (non-hydrogen) atoms. The summed E-state index contributed by atoms with van der Waals surface area (Å²) in [6.07, 6.45) is 2.33. The lowest BCUT2D eigenvalue weighted by atomic mass is 10.1. The minimum absolute atomic E-state index is 1.14. The van der Waals surface area contributed by atoms with Gasteiger partial charge in [-0.25, -0.2) is 0 Å². The van der Waals surface area contributed by atoms with Gasteiger partial charge >= 0.3 is 0 Å². The van der Waals surface area contributed by atoms with E-state index in [4.69, 9.17) is 0 Å². The van der Waals surface area contributed by atoms with Crippen LogP contribution in [0.4, 0.5) is 0 Å². The predicted molar refractivity (Wildman–Crippen MR) is 55.8 cm³/mol. The normalized spacial score (nSPS) is 10.1. The van der Waals surface area contributed by atoms with E-state index in [0.717, 1.165) is 10.9 Å². The summed E-state index contributed by atoms with van der Waals surface area (Å²) in [7, 11) is 0. The third kappa shape index (κ3) is 2.31. The first kappa shape index (κ1) is 9.27. The Kier molecular flexibility index (Phi) is 3.60. The van der Waals surface area contributed by atoms with E-state index in [2.05, 4.69) is 50.9 Å². The van der Waals surface area contributed by atoms with Crippen LogP contribution in [0.2, 0.25) is 0 Å². The van der Waals surface area contributed by atoms with E-state index < -0.39 is 0 Å². The van der Waals surface area contributed by atoms with Crippen molar-refractivity contribution in [1.29, 1.82) is 0 Å². The molecule has 0 saturated carbocycles. The fourth-order valence-electron chi connectivity index (χ4n) is 1.01. The van der Waals surface area contributed by atoms with Crippen LogP contribution in [0.15, 0.2) is 27.1 Å². The van der Waals surface area contributed by atoms with Crippen molar-refractivity contribution in [2.45, 2.75) is 19.8 Å². The molecular weight excluding hydrogens is 268 g/mol. The molecule has 0 fully saturated rings. The molecule has 60 valence electrons. The summed E-state index contributed by atoms with van der Waals surface area (Å²) in [5.74, 6) is 0. The lowest BCUT2D eigenvalue weighted by Gasteiger charge is -2.03. The smallest absolute Gasteiger partial charge is 0.0349 e. The van der Waals surface area contributed by atoms with E-state index in [9.17, 15) is 0 Å². The van der Waals surface area contributed by atoms with Gasteiger partial charge in [0.15, 0.2) is 0 Å². The Balaban J connectivity index is 2.96. The Hall–Kier alpha value is 0.180. The Bertz CT molecular complexity index is 243. The predicted octanol–water partition coefficient (Wildman–Crippen LogP) is 4.16.